The van der Waals surface area contributed by atoms with E-state index in [0.717, 1.165) is 5.56 Å². The Balaban J connectivity index is 1.57. The Kier molecular flexibility index (Phi) is 5.77. The van der Waals surface area contributed by atoms with Gasteiger partial charge in [-0.1, -0.05) is 48.0 Å². The van der Waals surface area contributed by atoms with Crippen LogP contribution in [0.2, 0.25) is 5.02 Å². The number of non-ortho nitro benzene ring substituents is 1. The highest BCUT2D eigenvalue weighted by Gasteiger charge is 2.25. The Labute approximate surface area is 182 Å². The van der Waals surface area contributed by atoms with Crippen molar-refractivity contribution in [3.8, 4) is 5.75 Å². The number of ether oxygens (including phenoxy) is 2. The third kappa shape index (κ3) is 4.62. The molecule has 0 aliphatic carbocycles. The molecule has 0 unspecified atom stereocenters. The van der Waals surface area contributed by atoms with Crippen molar-refractivity contribution in [2.24, 2.45) is 4.99 Å². The number of hydrogen-bond acceptors (Lipinski definition) is 6. The summed E-state index contributed by atoms with van der Waals surface area (Å²) in [6, 6.07) is 20.2. The highest BCUT2D eigenvalue weighted by atomic mass is 35.5. The van der Waals surface area contributed by atoms with Crippen molar-refractivity contribution in [3.05, 3.63) is 110 Å². The fourth-order valence-electron chi connectivity index (χ4n) is 2.91. The van der Waals surface area contributed by atoms with Crippen LogP contribution >= 0.6 is 11.6 Å². The van der Waals surface area contributed by atoms with E-state index < -0.39 is 10.9 Å². The van der Waals surface area contributed by atoms with Gasteiger partial charge < -0.3 is 9.47 Å². The van der Waals surface area contributed by atoms with Gasteiger partial charge in [0.2, 0.25) is 5.90 Å². The van der Waals surface area contributed by atoms with Crippen LogP contribution in [0.5, 0.6) is 5.75 Å². The van der Waals surface area contributed by atoms with Gasteiger partial charge in [0.05, 0.1) is 4.92 Å². The topological polar surface area (TPSA) is 91.0 Å². The second kappa shape index (κ2) is 8.81. The molecule has 3 aromatic carbocycles. The van der Waals surface area contributed by atoms with Gasteiger partial charge in [-0.3, -0.25) is 10.1 Å². The van der Waals surface area contributed by atoms with Gasteiger partial charge in [0.25, 0.3) is 5.69 Å². The van der Waals surface area contributed by atoms with E-state index >= 15 is 0 Å². The van der Waals surface area contributed by atoms with Crippen molar-refractivity contribution in [1.82, 2.24) is 0 Å². The average Bonchev–Trinajstić information content (AvgIpc) is 3.14. The minimum Gasteiger partial charge on any atom is -0.488 e. The monoisotopic (exact) mass is 434 g/mol. The first-order valence-corrected chi connectivity index (χ1v) is 9.62. The van der Waals surface area contributed by atoms with Crippen molar-refractivity contribution in [2.75, 3.05) is 0 Å². The summed E-state index contributed by atoms with van der Waals surface area (Å²) in [7, 11) is 0. The van der Waals surface area contributed by atoms with Gasteiger partial charge >= 0.3 is 5.97 Å². The summed E-state index contributed by atoms with van der Waals surface area (Å²) in [5.74, 6) is 0.0246. The molecule has 0 atom stereocenters. The molecule has 1 heterocycles. The zero-order chi connectivity index (χ0) is 21.8. The summed E-state index contributed by atoms with van der Waals surface area (Å²) in [4.78, 5) is 26.8. The van der Waals surface area contributed by atoms with Crippen LogP contribution in [0.25, 0.3) is 6.08 Å². The third-order valence-electron chi connectivity index (χ3n) is 4.50. The fourth-order valence-corrected chi connectivity index (χ4v) is 3.10. The Morgan fingerprint density at radius 1 is 1.03 bits per heavy atom. The van der Waals surface area contributed by atoms with Crippen LogP contribution in [0.1, 0.15) is 16.7 Å². The molecule has 154 valence electrons. The number of nitro benzene ring substituents is 1. The number of cyclic esters (lactones) is 1. The summed E-state index contributed by atoms with van der Waals surface area (Å²) in [5, 5.41) is 11.4. The quantitative estimate of drug-likeness (QED) is 0.231. The second-order valence-corrected chi connectivity index (χ2v) is 6.97. The van der Waals surface area contributed by atoms with E-state index in [9.17, 15) is 14.9 Å². The van der Waals surface area contributed by atoms with E-state index in [-0.39, 0.29) is 23.9 Å². The molecule has 0 aromatic heterocycles. The molecule has 0 fully saturated rings. The Bertz CT molecular complexity index is 1220. The first-order chi connectivity index (χ1) is 15.0. The Morgan fingerprint density at radius 3 is 2.48 bits per heavy atom. The van der Waals surface area contributed by atoms with Gasteiger partial charge in [-0.2, -0.15) is 0 Å². The number of hydrogen-bond donors (Lipinski definition) is 0. The predicted molar refractivity (Wildman–Crippen MR) is 116 cm³/mol. The highest BCUT2D eigenvalue weighted by Crippen LogP contribution is 2.26. The smallest absolute Gasteiger partial charge is 0.363 e. The second-order valence-electron chi connectivity index (χ2n) is 6.56. The number of rotatable bonds is 6. The number of esters is 1. The number of nitro groups is 1. The van der Waals surface area contributed by atoms with Gasteiger partial charge in [0, 0.05) is 33.8 Å². The maximum atomic E-state index is 12.3. The number of carbonyl (C=O) groups is 1. The summed E-state index contributed by atoms with van der Waals surface area (Å²) < 4.78 is 11.1. The van der Waals surface area contributed by atoms with Crippen molar-refractivity contribution in [3.63, 3.8) is 0 Å². The Morgan fingerprint density at radius 2 is 1.74 bits per heavy atom. The maximum absolute atomic E-state index is 12.3. The first-order valence-electron chi connectivity index (χ1n) is 9.24. The molecule has 7 nitrogen and oxygen atoms in total. The summed E-state index contributed by atoms with van der Waals surface area (Å²) in [6.45, 7) is 0.265. The molecular formula is C23H15ClN2O5. The van der Waals surface area contributed by atoms with E-state index in [1.54, 1.807) is 24.3 Å². The largest absolute Gasteiger partial charge is 0.488 e. The minimum atomic E-state index is -0.616. The van der Waals surface area contributed by atoms with Crippen LogP contribution in [-0.2, 0) is 16.1 Å². The lowest BCUT2D eigenvalue weighted by molar-refractivity contribution is -0.384. The minimum absolute atomic E-state index is 0.0611. The zero-order valence-corrected chi connectivity index (χ0v) is 16.8. The van der Waals surface area contributed by atoms with E-state index in [1.165, 1.54) is 24.3 Å². The van der Waals surface area contributed by atoms with Crippen molar-refractivity contribution >= 4 is 35.2 Å². The van der Waals surface area contributed by atoms with E-state index in [4.69, 9.17) is 21.1 Å². The van der Waals surface area contributed by atoms with Crippen molar-refractivity contribution in [2.45, 2.75) is 6.61 Å². The number of benzene rings is 3. The van der Waals surface area contributed by atoms with E-state index in [0.29, 0.717) is 21.9 Å². The average molecular weight is 435 g/mol. The Hall–Kier alpha value is -3.97. The molecule has 4 rings (SSSR count). The lowest BCUT2D eigenvalue weighted by Gasteiger charge is -2.10. The molecule has 0 saturated heterocycles. The number of para-hydroxylation sites is 1. The van der Waals surface area contributed by atoms with Crippen LogP contribution in [0.15, 0.2) is 83.5 Å². The molecule has 8 heteroatoms. The predicted octanol–water partition coefficient (Wildman–Crippen LogP) is 5.17. The normalized spacial score (nSPS) is 14.3. The number of carbonyl (C=O) groups excluding carboxylic acids is 1. The van der Waals surface area contributed by atoms with Gasteiger partial charge in [0.1, 0.15) is 12.4 Å². The molecule has 0 radical (unpaired) electrons. The molecule has 3 aromatic rings. The van der Waals surface area contributed by atoms with Crippen LogP contribution in [0.3, 0.4) is 0 Å². The molecule has 0 saturated carbocycles. The standard InChI is InChI=1S/C23H15ClN2O5/c24-19-7-3-1-6-17(19)14-30-21-8-4-2-5-16(21)13-20-23(27)31-22(25-20)15-9-11-18(12-10-15)26(28)29/h1-13H,14H2/b20-13-. The molecule has 0 amide bonds. The van der Waals surface area contributed by atoms with Crippen molar-refractivity contribution < 1.29 is 19.2 Å². The van der Waals surface area contributed by atoms with Gasteiger partial charge in [0.15, 0.2) is 5.70 Å². The number of halogens is 1. The molecule has 0 spiro atoms. The zero-order valence-electron chi connectivity index (χ0n) is 16.0. The number of aliphatic imine (C=N–C) groups is 1. The lowest BCUT2D eigenvalue weighted by atomic mass is 10.1. The summed E-state index contributed by atoms with van der Waals surface area (Å²) in [6.07, 6.45) is 1.57. The van der Waals surface area contributed by atoms with E-state index in [1.807, 2.05) is 30.3 Å². The van der Waals surface area contributed by atoms with Crippen LogP contribution in [0.4, 0.5) is 5.69 Å². The SMILES string of the molecule is O=C1OC(c2ccc([N+](=O)[O-])cc2)=N/C1=C\c1ccccc1OCc1ccccc1Cl. The molecule has 1 aliphatic rings. The summed E-state index contributed by atoms with van der Waals surface area (Å²) in [5.41, 5.74) is 1.99. The van der Waals surface area contributed by atoms with Gasteiger partial charge in [-0.15, -0.1) is 0 Å². The van der Waals surface area contributed by atoms with Gasteiger partial charge in [-0.25, -0.2) is 9.79 Å². The molecule has 0 bridgehead atoms. The van der Waals surface area contributed by atoms with Crippen LogP contribution in [-0.4, -0.2) is 16.8 Å². The van der Waals surface area contributed by atoms with Crippen molar-refractivity contribution in [1.29, 1.82) is 0 Å². The highest BCUT2D eigenvalue weighted by molar-refractivity contribution is 6.31. The lowest BCUT2D eigenvalue weighted by Crippen LogP contribution is -2.05. The first kappa shape index (κ1) is 20.3. The maximum Gasteiger partial charge on any atom is 0.363 e. The molecule has 1 aliphatic heterocycles. The van der Waals surface area contributed by atoms with Crippen LogP contribution in [0, 0.1) is 10.1 Å². The molecule has 31 heavy (non-hydrogen) atoms. The van der Waals surface area contributed by atoms with Gasteiger partial charge in [-0.05, 0) is 30.3 Å². The molecular weight excluding hydrogens is 420 g/mol. The third-order valence-corrected chi connectivity index (χ3v) is 4.87. The van der Waals surface area contributed by atoms with E-state index in [2.05, 4.69) is 4.99 Å². The summed E-state index contributed by atoms with van der Waals surface area (Å²) >= 11 is 6.18. The molecule has 0 N–H and O–H groups in total. The van der Waals surface area contributed by atoms with Crippen LogP contribution < -0.4 is 4.74 Å². The fraction of sp³-hybridized carbons (Fsp3) is 0.0435. The number of nitrogens with zero attached hydrogens (tertiary/aromatic N) is 2.